The van der Waals surface area contributed by atoms with Gasteiger partial charge in [0.05, 0.1) is 0 Å². The van der Waals surface area contributed by atoms with Crippen LogP contribution in [0.3, 0.4) is 0 Å². The number of amides is 1. The molecule has 2 atom stereocenters. The van der Waals surface area contributed by atoms with E-state index < -0.39 is 0 Å². The van der Waals surface area contributed by atoms with Crippen LogP contribution in [0.4, 0.5) is 0 Å². The number of benzene rings is 2. The second-order valence-electron chi connectivity index (χ2n) is 6.71. The molecule has 2 aromatic rings. The molecule has 0 aliphatic carbocycles. The summed E-state index contributed by atoms with van der Waals surface area (Å²) in [6.07, 6.45) is 0.730. The maximum absolute atomic E-state index is 12.8. The van der Waals surface area contributed by atoms with E-state index in [-0.39, 0.29) is 18.0 Å². The van der Waals surface area contributed by atoms with Gasteiger partial charge >= 0.3 is 0 Å². The molecule has 2 unspecified atom stereocenters. The fourth-order valence-corrected chi connectivity index (χ4v) is 3.43. The maximum Gasteiger partial charge on any atom is 0.241 e. The molecule has 6 nitrogen and oxygen atoms in total. The van der Waals surface area contributed by atoms with Gasteiger partial charge in [0, 0.05) is 19.6 Å². The SMILES string of the molecule is CN(Cc1ccc2c(c1)OCCO2)C(=O)C1CC(c2ccccc2)NN1. The number of nitrogens with zero attached hydrogens (tertiary/aromatic N) is 1. The van der Waals surface area contributed by atoms with E-state index in [4.69, 9.17) is 9.47 Å². The lowest BCUT2D eigenvalue weighted by atomic mass is 10.0. The van der Waals surface area contributed by atoms with E-state index in [2.05, 4.69) is 23.0 Å². The largest absolute Gasteiger partial charge is 0.486 e. The van der Waals surface area contributed by atoms with Crippen LogP contribution in [0.25, 0.3) is 0 Å². The van der Waals surface area contributed by atoms with Gasteiger partial charge in [-0.25, -0.2) is 10.9 Å². The molecule has 0 bridgehead atoms. The number of carbonyl (C=O) groups is 1. The lowest BCUT2D eigenvalue weighted by Gasteiger charge is -2.23. The zero-order valence-electron chi connectivity index (χ0n) is 14.8. The van der Waals surface area contributed by atoms with Crippen LogP contribution in [0.1, 0.15) is 23.6 Å². The molecule has 0 saturated carbocycles. The number of fused-ring (bicyclic) bond motifs is 1. The van der Waals surface area contributed by atoms with Crippen LogP contribution < -0.4 is 20.3 Å². The Bertz CT molecular complexity index is 781. The number of ether oxygens (including phenoxy) is 2. The number of hydrogen-bond donors (Lipinski definition) is 2. The van der Waals surface area contributed by atoms with Crippen LogP contribution in [0.2, 0.25) is 0 Å². The van der Waals surface area contributed by atoms with E-state index in [1.165, 1.54) is 5.56 Å². The van der Waals surface area contributed by atoms with Crippen LogP contribution in [0.15, 0.2) is 48.5 Å². The third kappa shape index (κ3) is 3.52. The molecule has 136 valence electrons. The summed E-state index contributed by atoms with van der Waals surface area (Å²) < 4.78 is 11.2. The fourth-order valence-electron chi connectivity index (χ4n) is 3.43. The van der Waals surface area contributed by atoms with Crippen molar-refractivity contribution in [2.75, 3.05) is 20.3 Å². The van der Waals surface area contributed by atoms with Gasteiger partial charge in [0.25, 0.3) is 0 Å². The first-order valence-corrected chi connectivity index (χ1v) is 8.90. The summed E-state index contributed by atoms with van der Waals surface area (Å²) in [5.74, 6) is 1.59. The molecular weight excluding hydrogens is 330 g/mol. The highest BCUT2D eigenvalue weighted by Crippen LogP contribution is 2.31. The first-order valence-electron chi connectivity index (χ1n) is 8.90. The van der Waals surface area contributed by atoms with Gasteiger partial charge in [0.1, 0.15) is 19.3 Å². The first kappa shape index (κ1) is 16.9. The van der Waals surface area contributed by atoms with Gasteiger partial charge < -0.3 is 14.4 Å². The zero-order valence-corrected chi connectivity index (χ0v) is 14.8. The number of carbonyl (C=O) groups excluding carboxylic acids is 1. The van der Waals surface area contributed by atoms with Gasteiger partial charge in [-0.3, -0.25) is 4.79 Å². The smallest absolute Gasteiger partial charge is 0.241 e. The summed E-state index contributed by atoms with van der Waals surface area (Å²) in [5.41, 5.74) is 8.57. The van der Waals surface area contributed by atoms with Crippen molar-refractivity contribution < 1.29 is 14.3 Å². The minimum atomic E-state index is -0.234. The predicted molar refractivity (Wildman–Crippen MR) is 97.8 cm³/mol. The topological polar surface area (TPSA) is 62.8 Å². The van der Waals surface area contributed by atoms with E-state index in [1.807, 2.05) is 43.4 Å². The standard InChI is InChI=1S/C20H23N3O3/c1-23(13-14-7-8-18-19(11-14)26-10-9-25-18)20(24)17-12-16(21-22-17)15-5-3-2-4-6-15/h2-8,11,16-17,21-22H,9-10,12-13H2,1H3. The van der Waals surface area contributed by atoms with Gasteiger partial charge in [-0.15, -0.1) is 0 Å². The molecule has 2 aliphatic rings. The van der Waals surface area contributed by atoms with Crippen LogP contribution in [0, 0.1) is 0 Å². The number of likely N-dealkylation sites (N-methyl/N-ethyl adjacent to an activating group) is 1. The zero-order chi connectivity index (χ0) is 17.9. The molecule has 0 spiro atoms. The molecule has 4 rings (SSSR count). The van der Waals surface area contributed by atoms with Crippen LogP contribution >= 0.6 is 0 Å². The highest BCUT2D eigenvalue weighted by atomic mass is 16.6. The van der Waals surface area contributed by atoms with Gasteiger partial charge in [0.15, 0.2) is 11.5 Å². The Balaban J connectivity index is 1.38. The molecule has 2 heterocycles. The van der Waals surface area contributed by atoms with Crippen LogP contribution in [-0.4, -0.2) is 37.1 Å². The second-order valence-corrected chi connectivity index (χ2v) is 6.71. The molecule has 26 heavy (non-hydrogen) atoms. The molecule has 2 aliphatic heterocycles. The van der Waals surface area contributed by atoms with Gasteiger partial charge in [0.2, 0.25) is 5.91 Å². The highest BCUT2D eigenvalue weighted by Gasteiger charge is 2.31. The maximum atomic E-state index is 12.8. The normalized spacial score (nSPS) is 21.4. The minimum absolute atomic E-state index is 0.0748. The molecule has 1 amide bonds. The lowest BCUT2D eigenvalue weighted by molar-refractivity contribution is -0.132. The molecule has 1 saturated heterocycles. The number of rotatable bonds is 4. The summed E-state index contributed by atoms with van der Waals surface area (Å²) in [6.45, 7) is 1.67. The number of nitrogens with one attached hydrogen (secondary N) is 2. The number of hydrogen-bond acceptors (Lipinski definition) is 5. The van der Waals surface area contributed by atoms with Crippen molar-refractivity contribution in [1.29, 1.82) is 0 Å². The molecule has 2 aromatic carbocycles. The van der Waals surface area contributed by atoms with Gasteiger partial charge in [-0.05, 0) is 29.7 Å². The average molecular weight is 353 g/mol. The summed E-state index contributed by atoms with van der Waals surface area (Å²) in [4.78, 5) is 14.5. The van der Waals surface area contributed by atoms with Gasteiger partial charge in [-0.2, -0.15) is 0 Å². The third-order valence-corrected chi connectivity index (χ3v) is 4.81. The van der Waals surface area contributed by atoms with Crippen molar-refractivity contribution in [1.82, 2.24) is 15.8 Å². The van der Waals surface area contributed by atoms with E-state index in [0.717, 1.165) is 23.5 Å². The molecule has 0 aromatic heterocycles. The predicted octanol–water partition coefficient (Wildman–Crippen LogP) is 2.02. The minimum Gasteiger partial charge on any atom is -0.486 e. The summed E-state index contributed by atoms with van der Waals surface area (Å²) in [7, 11) is 1.83. The van der Waals surface area contributed by atoms with E-state index in [1.54, 1.807) is 4.90 Å². The van der Waals surface area contributed by atoms with Crippen molar-refractivity contribution >= 4 is 5.91 Å². The first-order chi connectivity index (χ1) is 12.7. The van der Waals surface area contributed by atoms with Crippen molar-refractivity contribution in [2.45, 2.75) is 25.0 Å². The fraction of sp³-hybridized carbons (Fsp3) is 0.350. The highest BCUT2D eigenvalue weighted by molar-refractivity contribution is 5.82. The summed E-state index contributed by atoms with van der Waals surface area (Å²) >= 11 is 0. The Morgan fingerprint density at radius 1 is 1.08 bits per heavy atom. The summed E-state index contributed by atoms with van der Waals surface area (Å²) in [6, 6.07) is 15.9. The molecule has 2 N–H and O–H groups in total. The average Bonchev–Trinajstić information content (AvgIpc) is 3.18. The van der Waals surface area contributed by atoms with Gasteiger partial charge in [-0.1, -0.05) is 36.4 Å². The molecule has 6 heteroatoms. The molecule has 1 fully saturated rings. The molecule has 0 radical (unpaired) electrons. The van der Waals surface area contributed by atoms with Crippen molar-refractivity contribution in [3.8, 4) is 11.5 Å². The van der Waals surface area contributed by atoms with E-state index in [0.29, 0.717) is 19.8 Å². The Hall–Kier alpha value is -2.57. The van der Waals surface area contributed by atoms with Crippen molar-refractivity contribution in [2.24, 2.45) is 0 Å². The van der Waals surface area contributed by atoms with E-state index >= 15 is 0 Å². The Morgan fingerprint density at radius 3 is 2.65 bits per heavy atom. The van der Waals surface area contributed by atoms with Crippen molar-refractivity contribution in [3.63, 3.8) is 0 Å². The van der Waals surface area contributed by atoms with Crippen LogP contribution in [0.5, 0.6) is 11.5 Å². The van der Waals surface area contributed by atoms with E-state index in [9.17, 15) is 4.79 Å². The quantitative estimate of drug-likeness (QED) is 0.881. The summed E-state index contributed by atoms with van der Waals surface area (Å²) in [5, 5.41) is 0. The number of hydrazine groups is 1. The molecular formula is C20H23N3O3. The Morgan fingerprint density at radius 2 is 1.85 bits per heavy atom. The lowest BCUT2D eigenvalue weighted by Crippen LogP contribution is -2.43. The Kier molecular flexibility index (Phi) is 4.77. The third-order valence-electron chi connectivity index (χ3n) is 4.81. The van der Waals surface area contributed by atoms with Crippen LogP contribution in [-0.2, 0) is 11.3 Å². The Labute approximate surface area is 153 Å². The monoisotopic (exact) mass is 353 g/mol. The second kappa shape index (κ2) is 7.35. The van der Waals surface area contributed by atoms with Crippen molar-refractivity contribution in [3.05, 3.63) is 59.7 Å².